The van der Waals surface area contributed by atoms with Gasteiger partial charge in [0.25, 0.3) is 0 Å². The fraction of sp³-hybridized carbons (Fsp3) is 0.455. The average molecular weight is 262 g/mol. The van der Waals surface area contributed by atoms with E-state index in [0.717, 1.165) is 13.0 Å². The van der Waals surface area contributed by atoms with E-state index < -0.39 is 6.10 Å². The first-order chi connectivity index (χ1) is 7.66. The molecule has 0 spiro atoms. The molecule has 0 bridgehead atoms. The van der Waals surface area contributed by atoms with Crippen LogP contribution in [0.3, 0.4) is 0 Å². The summed E-state index contributed by atoms with van der Waals surface area (Å²) >= 11 is 11.7. The molecule has 5 heteroatoms. The number of piperidine rings is 1. The van der Waals surface area contributed by atoms with Crippen molar-refractivity contribution < 1.29 is 9.84 Å². The highest BCUT2D eigenvalue weighted by atomic mass is 35.5. The van der Waals surface area contributed by atoms with E-state index in [1.54, 1.807) is 18.2 Å². The average Bonchev–Trinajstić information content (AvgIpc) is 2.27. The van der Waals surface area contributed by atoms with Gasteiger partial charge in [-0.2, -0.15) is 0 Å². The second-order valence-corrected chi connectivity index (χ2v) is 4.61. The molecule has 1 saturated heterocycles. The first-order valence-corrected chi connectivity index (χ1v) is 5.93. The lowest BCUT2D eigenvalue weighted by Gasteiger charge is -2.28. The minimum Gasteiger partial charge on any atom is -0.488 e. The molecule has 0 aliphatic carbocycles. The zero-order chi connectivity index (χ0) is 11.5. The molecule has 2 atom stereocenters. The maximum atomic E-state index is 9.71. The van der Waals surface area contributed by atoms with E-state index in [1.807, 2.05) is 0 Å². The van der Waals surface area contributed by atoms with E-state index in [9.17, 15) is 5.11 Å². The molecule has 2 N–H and O–H groups in total. The van der Waals surface area contributed by atoms with Gasteiger partial charge < -0.3 is 15.2 Å². The Labute approximate surface area is 104 Å². The van der Waals surface area contributed by atoms with E-state index >= 15 is 0 Å². The van der Waals surface area contributed by atoms with Crippen LogP contribution in [-0.4, -0.2) is 30.4 Å². The third kappa shape index (κ3) is 2.80. The summed E-state index contributed by atoms with van der Waals surface area (Å²) in [5.74, 6) is 0.639. The highest BCUT2D eigenvalue weighted by Gasteiger charge is 2.24. The Morgan fingerprint density at radius 3 is 2.81 bits per heavy atom. The van der Waals surface area contributed by atoms with Gasteiger partial charge in [-0.05, 0) is 25.1 Å². The number of halogens is 2. The van der Waals surface area contributed by atoms with Crippen LogP contribution < -0.4 is 10.1 Å². The SMILES string of the molecule is OC1CNCCC1Oc1ccc(Cl)c(Cl)c1. The Morgan fingerprint density at radius 2 is 2.12 bits per heavy atom. The lowest BCUT2D eigenvalue weighted by molar-refractivity contribution is 0.0163. The van der Waals surface area contributed by atoms with Crippen molar-refractivity contribution in [2.24, 2.45) is 0 Å². The lowest BCUT2D eigenvalue weighted by atomic mass is 10.1. The molecule has 0 aromatic heterocycles. The van der Waals surface area contributed by atoms with E-state index in [1.165, 1.54) is 0 Å². The number of aliphatic hydroxyl groups excluding tert-OH is 1. The minimum absolute atomic E-state index is 0.182. The van der Waals surface area contributed by atoms with Gasteiger partial charge in [0, 0.05) is 12.6 Å². The van der Waals surface area contributed by atoms with E-state index in [4.69, 9.17) is 27.9 Å². The highest BCUT2D eigenvalue weighted by molar-refractivity contribution is 6.42. The molecule has 2 unspecified atom stereocenters. The van der Waals surface area contributed by atoms with E-state index in [0.29, 0.717) is 22.3 Å². The normalized spacial score (nSPS) is 25.4. The van der Waals surface area contributed by atoms with Crippen LogP contribution in [0.15, 0.2) is 18.2 Å². The molecule has 0 radical (unpaired) electrons. The predicted molar refractivity (Wildman–Crippen MR) is 64.4 cm³/mol. The summed E-state index contributed by atoms with van der Waals surface area (Å²) in [6.07, 6.45) is 0.114. The van der Waals surface area contributed by atoms with Gasteiger partial charge in [-0.3, -0.25) is 0 Å². The van der Waals surface area contributed by atoms with Crippen LogP contribution in [0.5, 0.6) is 5.75 Å². The molecule has 1 aromatic carbocycles. The van der Waals surface area contributed by atoms with Crippen LogP contribution in [0, 0.1) is 0 Å². The van der Waals surface area contributed by atoms with Crippen molar-refractivity contribution in [1.29, 1.82) is 0 Å². The fourth-order valence-electron chi connectivity index (χ4n) is 1.68. The second kappa shape index (κ2) is 5.23. The monoisotopic (exact) mass is 261 g/mol. The molecule has 3 nitrogen and oxygen atoms in total. The molecule has 0 saturated carbocycles. The largest absolute Gasteiger partial charge is 0.488 e. The van der Waals surface area contributed by atoms with Gasteiger partial charge in [-0.25, -0.2) is 0 Å². The number of β-amino-alcohol motifs (C(OH)–C–C–N with tert-alkyl or cyclic N) is 1. The number of ether oxygens (including phenoxy) is 1. The smallest absolute Gasteiger partial charge is 0.127 e. The van der Waals surface area contributed by atoms with Crippen LogP contribution in [-0.2, 0) is 0 Å². The van der Waals surface area contributed by atoms with Crippen molar-refractivity contribution >= 4 is 23.2 Å². The van der Waals surface area contributed by atoms with Crippen molar-refractivity contribution in [2.45, 2.75) is 18.6 Å². The number of nitrogens with one attached hydrogen (secondary N) is 1. The summed E-state index contributed by atoms with van der Waals surface area (Å²) in [5.41, 5.74) is 0. The summed E-state index contributed by atoms with van der Waals surface area (Å²) in [6, 6.07) is 5.11. The van der Waals surface area contributed by atoms with Crippen molar-refractivity contribution in [3.63, 3.8) is 0 Å². The minimum atomic E-state index is -0.483. The third-order valence-corrected chi connectivity index (χ3v) is 3.31. The first kappa shape index (κ1) is 12.0. The fourth-order valence-corrected chi connectivity index (χ4v) is 1.97. The predicted octanol–water partition coefficient (Wildman–Crippen LogP) is 2.09. The molecule has 16 heavy (non-hydrogen) atoms. The van der Waals surface area contributed by atoms with Crippen LogP contribution in [0.25, 0.3) is 0 Å². The molecule has 0 amide bonds. The maximum Gasteiger partial charge on any atom is 0.127 e. The molecular formula is C11H13Cl2NO2. The van der Waals surface area contributed by atoms with Crippen molar-refractivity contribution in [3.05, 3.63) is 28.2 Å². The van der Waals surface area contributed by atoms with Crippen molar-refractivity contribution in [3.8, 4) is 5.75 Å². The molecule has 2 rings (SSSR count). The maximum absolute atomic E-state index is 9.71. The zero-order valence-electron chi connectivity index (χ0n) is 8.62. The molecular weight excluding hydrogens is 249 g/mol. The summed E-state index contributed by atoms with van der Waals surface area (Å²) in [6.45, 7) is 1.41. The van der Waals surface area contributed by atoms with Crippen LogP contribution in [0.4, 0.5) is 0 Å². The lowest BCUT2D eigenvalue weighted by Crippen LogP contribution is -2.46. The number of hydrogen-bond acceptors (Lipinski definition) is 3. The summed E-state index contributed by atoms with van der Waals surface area (Å²) < 4.78 is 5.67. The van der Waals surface area contributed by atoms with Gasteiger partial charge in [-0.15, -0.1) is 0 Å². The third-order valence-electron chi connectivity index (χ3n) is 2.57. The van der Waals surface area contributed by atoms with Gasteiger partial charge in [0.15, 0.2) is 0 Å². The van der Waals surface area contributed by atoms with Crippen molar-refractivity contribution in [1.82, 2.24) is 5.32 Å². The van der Waals surface area contributed by atoms with Gasteiger partial charge in [0.1, 0.15) is 18.0 Å². The summed E-state index contributed by atoms with van der Waals surface area (Å²) in [7, 11) is 0. The number of hydrogen-bond donors (Lipinski definition) is 2. The Hall–Kier alpha value is -0.480. The Bertz CT molecular complexity index is 373. The molecule has 1 aromatic rings. The van der Waals surface area contributed by atoms with Crippen molar-refractivity contribution in [2.75, 3.05) is 13.1 Å². The number of rotatable bonds is 2. The molecule has 1 aliphatic rings. The summed E-state index contributed by atoms with van der Waals surface area (Å²) in [5, 5.41) is 13.8. The van der Waals surface area contributed by atoms with Gasteiger partial charge >= 0.3 is 0 Å². The molecule has 1 aliphatic heterocycles. The Kier molecular flexibility index (Phi) is 3.92. The summed E-state index contributed by atoms with van der Waals surface area (Å²) in [4.78, 5) is 0. The quantitative estimate of drug-likeness (QED) is 0.857. The topological polar surface area (TPSA) is 41.5 Å². The Morgan fingerprint density at radius 1 is 1.31 bits per heavy atom. The zero-order valence-corrected chi connectivity index (χ0v) is 10.1. The highest BCUT2D eigenvalue weighted by Crippen LogP contribution is 2.27. The van der Waals surface area contributed by atoms with E-state index in [2.05, 4.69) is 5.32 Å². The molecule has 1 heterocycles. The Balaban J connectivity index is 2.05. The first-order valence-electron chi connectivity index (χ1n) is 5.17. The second-order valence-electron chi connectivity index (χ2n) is 3.79. The molecule has 88 valence electrons. The standard InChI is InChI=1S/C11H13Cl2NO2/c12-8-2-1-7(5-9(8)13)16-11-3-4-14-6-10(11)15/h1-2,5,10-11,14-15H,3-4,6H2. The van der Waals surface area contributed by atoms with E-state index in [-0.39, 0.29) is 6.10 Å². The van der Waals surface area contributed by atoms with Crippen LogP contribution in [0.1, 0.15) is 6.42 Å². The number of aliphatic hydroxyl groups is 1. The number of benzene rings is 1. The van der Waals surface area contributed by atoms with Crippen LogP contribution in [0.2, 0.25) is 10.0 Å². The van der Waals surface area contributed by atoms with Crippen LogP contribution >= 0.6 is 23.2 Å². The molecule has 1 fully saturated rings. The van der Waals surface area contributed by atoms with Gasteiger partial charge in [-0.1, -0.05) is 23.2 Å². The van der Waals surface area contributed by atoms with Gasteiger partial charge in [0.05, 0.1) is 10.0 Å². The van der Waals surface area contributed by atoms with Gasteiger partial charge in [0.2, 0.25) is 0 Å².